The molecular formula is C21H31N5O. The highest BCUT2D eigenvalue weighted by molar-refractivity contribution is 5.53. The Labute approximate surface area is 162 Å². The van der Waals surface area contributed by atoms with Crippen LogP contribution in [0.1, 0.15) is 26.1 Å². The monoisotopic (exact) mass is 369 g/mol. The largest absolute Gasteiger partial charge is 0.497 e. The maximum Gasteiger partial charge on any atom is 0.134 e. The predicted octanol–water partition coefficient (Wildman–Crippen LogP) is 3.58. The number of aromatic nitrogens is 2. The maximum absolute atomic E-state index is 5.25. The van der Waals surface area contributed by atoms with Crippen LogP contribution in [0.3, 0.4) is 0 Å². The van der Waals surface area contributed by atoms with Crippen LogP contribution in [0, 0.1) is 12.8 Å². The second-order valence-corrected chi connectivity index (χ2v) is 7.44. The van der Waals surface area contributed by atoms with Crippen LogP contribution in [0.5, 0.6) is 5.75 Å². The SMILES string of the molecule is COc1ccc(N2CCN(c3cc(NCCC(C)C)nc(C)n3)CC2)cc1. The summed E-state index contributed by atoms with van der Waals surface area (Å²) >= 11 is 0. The highest BCUT2D eigenvalue weighted by Crippen LogP contribution is 2.23. The second-order valence-electron chi connectivity index (χ2n) is 7.44. The first-order chi connectivity index (χ1) is 13.0. The average Bonchev–Trinajstić information content (AvgIpc) is 2.67. The summed E-state index contributed by atoms with van der Waals surface area (Å²) in [6.07, 6.45) is 1.14. The van der Waals surface area contributed by atoms with Crippen molar-refractivity contribution in [2.45, 2.75) is 27.2 Å². The molecule has 6 nitrogen and oxygen atoms in total. The van der Waals surface area contributed by atoms with E-state index in [1.54, 1.807) is 7.11 Å². The van der Waals surface area contributed by atoms with E-state index in [0.29, 0.717) is 5.92 Å². The van der Waals surface area contributed by atoms with Gasteiger partial charge in [0.15, 0.2) is 0 Å². The van der Waals surface area contributed by atoms with Gasteiger partial charge >= 0.3 is 0 Å². The number of aryl methyl sites for hydroxylation is 1. The molecule has 6 heteroatoms. The van der Waals surface area contributed by atoms with Gasteiger partial charge in [0.1, 0.15) is 23.2 Å². The smallest absolute Gasteiger partial charge is 0.134 e. The second kappa shape index (κ2) is 8.93. The number of hydrogen-bond donors (Lipinski definition) is 1. The number of rotatable bonds is 7. The Kier molecular flexibility index (Phi) is 6.37. The molecule has 2 heterocycles. The molecule has 1 aromatic carbocycles. The summed E-state index contributed by atoms with van der Waals surface area (Å²) < 4.78 is 5.25. The van der Waals surface area contributed by atoms with Crippen LogP contribution in [0.25, 0.3) is 0 Å². The number of anilines is 3. The van der Waals surface area contributed by atoms with Crippen LogP contribution >= 0.6 is 0 Å². The number of piperazine rings is 1. The van der Waals surface area contributed by atoms with Crippen molar-refractivity contribution in [2.75, 3.05) is 55.0 Å². The molecule has 0 bridgehead atoms. The van der Waals surface area contributed by atoms with Gasteiger partial charge in [0.2, 0.25) is 0 Å². The molecule has 1 fully saturated rings. The molecule has 1 aliphatic heterocycles. The van der Waals surface area contributed by atoms with E-state index in [0.717, 1.165) is 62.4 Å². The molecule has 0 atom stereocenters. The van der Waals surface area contributed by atoms with Gasteiger partial charge in [0, 0.05) is 44.5 Å². The molecule has 0 spiro atoms. The minimum atomic E-state index is 0.686. The van der Waals surface area contributed by atoms with Gasteiger partial charge in [-0.3, -0.25) is 0 Å². The molecule has 1 aliphatic rings. The molecule has 146 valence electrons. The number of nitrogens with zero attached hydrogens (tertiary/aromatic N) is 4. The number of methoxy groups -OCH3 is 1. The van der Waals surface area contributed by atoms with E-state index in [1.165, 1.54) is 5.69 Å². The Hall–Kier alpha value is -2.50. The van der Waals surface area contributed by atoms with Crippen molar-refractivity contribution >= 4 is 17.3 Å². The van der Waals surface area contributed by atoms with Gasteiger partial charge < -0.3 is 19.9 Å². The van der Waals surface area contributed by atoms with Crippen molar-refractivity contribution in [1.82, 2.24) is 9.97 Å². The molecular weight excluding hydrogens is 338 g/mol. The summed E-state index contributed by atoms with van der Waals surface area (Å²) in [5.41, 5.74) is 1.24. The van der Waals surface area contributed by atoms with Gasteiger partial charge in [-0.2, -0.15) is 0 Å². The molecule has 1 N–H and O–H groups in total. The molecule has 3 rings (SSSR count). The van der Waals surface area contributed by atoms with E-state index in [2.05, 4.69) is 57.1 Å². The highest BCUT2D eigenvalue weighted by atomic mass is 16.5. The summed E-state index contributed by atoms with van der Waals surface area (Å²) in [7, 11) is 1.70. The number of ether oxygens (including phenoxy) is 1. The van der Waals surface area contributed by atoms with Crippen molar-refractivity contribution in [2.24, 2.45) is 5.92 Å². The summed E-state index contributed by atoms with van der Waals surface area (Å²) in [6.45, 7) is 11.2. The normalized spacial score (nSPS) is 14.6. The lowest BCUT2D eigenvalue weighted by atomic mass is 10.1. The molecule has 2 aromatic rings. The van der Waals surface area contributed by atoms with E-state index in [1.807, 2.05) is 19.1 Å². The predicted molar refractivity (Wildman–Crippen MR) is 112 cm³/mol. The maximum atomic E-state index is 5.25. The number of hydrogen-bond acceptors (Lipinski definition) is 6. The van der Waals surface area contributed by atoms with E-state index < -0.39 is 0 Å². The van der Waals surface area contributed by atoms with Gasteiger partial charge in [-0.05, 0) is 43.5 Å². The fraction of sp³-hybridized carbons (Fsp3) is 0.524. The van der Waals surface area contributed by atoms with E-state index >= 15 is 0 Å². The molecule has 0 saturated carbocycles. The number of nitrogens with one attached hydrogen (secondary N) is 1. The van der Waals surface area contributed by atoms with Gasteiger partial charge in [0.25, 0.3) is 0 Å². The van der Waals surface area contributed by atoms with E-state index in [4.69, 9.17) is 4.74 Å². The Morgan fingerprint density at radius 2 is 1.70 bits per heavy atom. The molecule has 0 aliphatic carbocycles. The molecule has 0 amide bonds. The Morgan fingerprint density at radius 1 is 1.04 bits per heavy atom. The first-order valence-corrected chi connectivity index (χ1v) is 9.78. The lowest BCUT2D eigenvalue weighted by Crippen LogP contribution is -2.46. The van der Waals surface area contributed by atoms with Crippen molar-refractivity contribution in [3.8, 4) is 5.75 Å². The van der Waals surface area contributed by atoms with Crippen LogP contribution in [-0.2, 0) is 0 Å². The third-order valence-electron chi connectivity index (χ3n) is 4.89. The zero-order valence-corrected chi connectivity index (χ0v) is 16.9. The van der Waals surface area contributed by atoms with Crippen molar-refractivity contribution in [1.29, 1.82) is 0 Å². The molecule has 1 aromatic heterocycles. The fourth-order valence-electron chi connectivity index (χ4n) is 3.28. The number of benzene rings is 1. The Balaban J connectivity index is 1.60. The third-order valence-corrected chi connectivity index (χ3v) is 4.89. The van der Waals surface area contributed by atoms with E-state index in [9.17, 15) is 0 Å². The zero-order chi connectivity index (χ0) is 19.2. The Bertz CT molecular complexity index is 724. The fourth-order valence-corrected chi connectivity index (χ4v) is 3.28. The van der Waals surface area contributed by atoms with Crippen LogP contribution in [0.4, 0.5) is 17.3 Å². The van der Waals surface area contributed by atoms with Crippen LogP contribution in [0.15, 0.2) is 30.3 Å². The van der Waals surface area contributed by atoms with Gasteiger partial charge in [-0.25, -0.2) is 9.97 Å². The topological polar surface area (TPSA) is 53.5 Å². The minimum Gasteiger partial charge on any atom is -0.497 e. The van der Waals surface area contributed by atoms with Gasteiger partial charge in [0.05, 0.1) is 7.11 Å². The lowest BCUT2D eigenvalue weighted by Gasteiger charge is -2.37. The summed E-state index contributed by atoms with van der Waals surface area (Å²) in [5, 5.41) is 3.44. The van der Waals surface area contributed by atoms with Crippen LogP contribution < -0.4 is 19.9 Å². The van der Waals surface area contributed by atoms with Crippen molar-refractivity contribution in [3.05, 3.63) is 36.2 Å². The van der Waals surface area contributed by atoms with Gasteiger partial charge in [-0.1, -0.05) is 13.8 Å². The van der Waals surface area contributed by atoms with Crippen LogP contribution in [0.2, 0.25) is 0 Å². The first-order valence-electron chi connectivity index (χ1n) is 9.78. The first kappa shape index (κ1) is 19.3. The van der Waals surface area contributed by atoms with Crippen LogP contribution in [-0.4, -0.2) is 49.8 Å². The third kappa shape index (κ3) is 5.25. The van der Waals surface area contributed by atoms with Crippen molar-refractivity contribution < 1.29 is 4.74 Å². The average molecular weight is 370 g/mol. The summed E-state index contributed by atoms with van der Waals surface area (Å²) in [5.74, 6) is 4.34. The highest BCUT2D eigenvalue weighted by Gasteiger charge is 2.19. The molecule has 27 heavy (non-hydrogen) atoms. The molecule has 0 unspecified atom stereocenters. The quantitative estimate of drug-likeness (QED) is 0.805. The molecule has 1 saturated heterocycles. The standard InChI is InChI=1S/C21H31N5O/c1-16(2)9-10-22-20-15-21(24-17(3)23-20)26-13-11-25(12-14-26)18-5-7-19(27-4)8-6-18/h5-8,15-16H,9-14H2,1-4H3,(H,22,23,24). The van der Waals surface area contributed by atoms with Crippen molar-refractivity contribution in [3.63, 3.8) is 0 Å². The molecule has 0 radical (unpaired) electrons. The van der Waals surface area contributed by atoms with Gasteiger partial charge in [-0.15, -0.1) is 0 Å². The Morgan fingerprint density at radius 3 is 2.33 bits per heavy atom. The zero-order valence-electron chi connectivity index (χ0n) is 16.9. The van der Waals surface area contributed by atoms with E-state index in [-0.39, 0.29) is 0 Å². The minimum absolute atomic E-state index is 0.686. The lowest BCUT2D eigenvalue weighted by molar-refractivity contribution is 0.415. The summed E-state index contributed by atoms with van der Waals surface area (Å²) in [6, 6.07) is 10.4. The summed E-state index contributed by atoms with van der Waals surface area (Å²) in [4.78, 5) is 14.0.